The molecule has 300 valence electrons. The summed E-state index contributed by atoms with van der Waals surface area (Å²) in [4.78, 5) is 19.7. The maximum Gasteiger partial charge on any atom is 0.213 e. The van der Waals surface area contributed by atoms with Crippen molar-refractivity contribution in [1.29, 1.82) is 0 Å². The van der Waals surface area contributed by atoms with Crippen molar-refractivity contribution in [2.24, 2.45) is 0 Å². The smallest absolute Gasteiger partial charge is 0.213 e. The van der Waals surface area contributed by atoms with Crippen LogP contribution >= 0.6 is 0 Å². The summed E-state index contributed by atoms with van der Waals surface area (Å²) in [7, 11) is 1.63. The van der Waals surface area contributed by atoms with Gasteiger partial charge >= 0.3 is 0 Å². The van der Waals surface area contributed by atoms with Crippen molar-refractivity contribution in [3.8, 4) is 5.88 Å². The van der Waals surface area contributed by atoms with Crippen LogP contribution in [-0.2, 0) is 27.1 Å². The van der Waals surface area contributed by atoms with Crippen LogP contribution in [-0.4, -0.2) is 32.0 Å². The fourth-order valence-corrected chi connectivity index (χ4v) is 5.04. The molecule has 0 aromatic carbocycles. The van der Waals surface area contributed by atoms with Gasteiger partial charge in [-0.05, 0) is 123 Å². The summed E-state index contributed by atoms with van der Waals surface area (Å²) in [5.41, 5.74) is 9.57. The summed E-state index contributed by atoms with van der Waals surface area (Å²) in [6.45, 7) is 36.6. The van der Waals surface area contributed by atoms with Gasteiger partial charge in [-0.2, -0.15) is 4.39 Å². The van der Waals surface area contributed by atoms with E-state index in [0.717, 1.165) is 11.3 Å². The third kappa shape index (κ3) is 19.1. The maximum absolute atomic E-state index is 12.6. The molecular weight excluding hydrogens is 682 g/mol. The van der Waals surface area contributed by atoms with E-state index in [4.69, 9.17) is 4.74 Å². The predicted molar refractivity (Wildman–Crippen MR) is 231 cm³/mol. The molecule has 0 fully saturated rings. The lowest BCUT2D eigenvalue weighted by molar-refractivity contribution is 0.395. The summed E-state index contributed by atoms with van der Waals surface area (Å²) >= 11 is 0. The van der Waals surface area contributed by atoms with Crippen LogP contribution in [0.1, 0.15) is 143 Å². The molecule has 0 unspecified atom stereocenters. The van der Waals surface area contributed by atoms with Gasteiger partial charge in [0.05, 0.1) is 7.11 Å². The minimum Gasteiger partial charge on any atom is -0.481 e. The molecule has 0 saturated heterocycles. The fourth-order valence-electron chi connectivity index (χ4n) is 5.04. The summed E-state index contributed by atoms with van der Waals surface area (Å²) in [5.74, 6) is 0.278. The van der Waals surface area contributed by atoms with E-state index >= 15 is 0 Å². The van der Waals surface area contributed by atoms with Crippen molar-refractivity contribution in [3.05, 3.63) is 143 Å². The van der Waals surface area contributed by atoms with E-state index < -0.39 is 5.95 Å². The van der Waals surface area contributed by atoms with Crippen molar-refractivity contribution >= 4 is 0 Å². The second kappa shape index (κ2) is 21.0. The normalized spacial score (nSPS) is 11.5. The van der Waals surface area contributed by atoms with Gasteiger partial charge in [0.15, 0.2) is 0 Å². The Morgan fingerprint density at radius 3 is 1.22 bits per heavy atom. The SMILES string of the molecule is CC(C)(C)c1ccnc(F)c1.CC(C)(C)c1ccncc1.COc1cc(C(C)(C)C)ccn1.Cc1cc(C(C)(C)C)ccn1.Cc1cnccc1C(C)(C)C. The van der Waals surface area contributed by atoms with E-state index in [1.807, 2.05) is 76.9 Å². The number of ether oxygens (including phenoxy) is 1. The number of aromatic nitrogens is 5. The number of nitrogens with zero attached hydrogens (tertiary/aromatic N) is 5. The van der Waals surface area contributed by atoms with Crippen molar-refractivity contribution < 1.29 is 9.13 Å². The lowest BCUT2D eigenvalue weighted by Crippen LogP contribution is -2.12. The number of hydrogen-bond acceptors (Lipinski definition) is 6. The van der Waals surface area contributed by atoms with Crippen LogP contribution in [0.3, 0.4) is 0 Å². The van der Waals surface area contributed by atoms with Crippen molar-refractivity contribution in [1.82, 2.24) is 24.9 Å². The first-order valence-corrected chi connectivity index (χ1v) is 19.0. The summed E-state index contributed by atoms with van der Waals surface area (Å²) in [6, 6.07) is 17.7. The average molecular weight is 752 g/mol. The molecule has 5 aromatic heterocycles. The van der Waals surface area contributed by atoms with Crippen molar-refractivity contribution in [3.63, 3.8) is 0 Å². The maximum atomic E-state index is 12.6. The number of rotatable bonds is 1. The molecule has 0 amide bonds. The van der Waals surface area contributed by atoms with Crippen LogP contribution in [0.5, 0.6) is 5.88 Å². The molecule has 0 N–H and O–H groups in total. The Hall–Kier alpha value is -4.52. The van der Waals surface area contributed by atoms with Gasteiger partial charge < -0.3 is 4.74 Å². The van der Waals surface area contributed by atoms with Gasteiger partial charge in [-0.1, -0.05) is 104 Å². The first kappa shape index (κ1) is 48.5. The highest BCUT2D eigenvalue weighted by Crippen LogP contribution is 2.26. The van der Waals surface area contributed by atoms with E-state index in [9.17, 15) is 4.39 Å². The van der Waals surface area contributed by atoms with E-state index in [1.165, 1.54) is 40.1 Å². The molecular formula is C48H70FN5O. The molecule has 55 heavy (non-hydrogen) atoms. The molecule has 0 radical (unpaired) electrons. The van der Waals surface area contributed by atoms with Crippen LogP contribution in [0, 0.1) is 19.8 Å². The summed E-state index contributed by atoms with van der Waals surface area (Å²) < 4.78 is 17.6. The zero-order chi connectivity index (χ0) is 42.3. The second-order valence-corrected chi connectivity index (χ2v) is 18.8. The molecule has 5 rings (SSSR count). The molecule has 0 bridgehead atoms. The van der Waals surface area contributed by atoms with Crippen LogP contribution in [0.15, 0.2) is 98.0 Å². The van der Waals surface area contributed by atoms with Crippen LogP contribution in [0.2, 0.25) is 0 Å². The largest absolute Gasteiger partial charge is 0.481 e. The molecule has 0 aliphatic carbocycles. The zero-order valence-electron chi connectivity index (χ0n) is 37.3. The number of hydrogen-bond donors (Lipinski definition) is 0. The van der Waals surface area contributed by atoms with E-state index in [-0.39, 0.29) is 27.1 Å². The topological polar surface area (TPSA) is 73.7 Å². The first-order chi connectivity index (χ1) is 25.2. The Morgan fingerprint density at radius 2 is 0.873 bits per heavy atom. The summed E-state index contributed by atoms with van der Waals surface area (Å²) in [6.07, 6.45) is 12.6. The lowest BCUT2D eigenvalue weighted by atomic mass is 9.85. The standard InChI is InChI=1S/C10H15NO.2C10H15N.C9H12FN.C9H13N/c1-10(2,3)8-5-6-11-9(7-8)12-4;1-8-7-11-6-5-9(8)10(2,3)4;1-8-7-9(5-6-11-8)10(2,3)4;1-9(2,3)7-4-5-11-8(10)6-7;1-9(2,3)8-4-6-10-7-5-8/h5-7H,1-4H3;2*5-7H,1-4H3;4-6H,1-3H3;4-7H,1-3H3. The third-order valence-corrected chi connectivity index (χ3v) is 8.54. The number of methoxy groups -OCH3 is 1. The quantitative estimate of drug-likeness (QED) is 0.159. The number of pyridine rings is 5. The Labute approximate surface area is 333 Å². The second-order valence-electron chi connectivity index (χ2n) is 18.8. The van der Waals surface area contributed by atoms with Crippen molar-refractivity contribution in [2.45, 2.75) is 145 Å². The summed E-state index contributed by atoms with van der Waals surface area (Å²) in [5, 5.41) is 0. The highest BCUT2D eigenvalue weighted by molar-refractivity contribution is 5.29. The third-order valence-electron chi connectivity index (χ3n) is 8.54. The molecule has 5 heterocycles. The Bertz CT molecular complexity index is 1780. The zero-order valence-corrected chi connectivity index (χ0v) is 37.3. The Kier molecular flexibility index (Phi) is 18.5. The molecule has 0 saturated carbocycles. The molecule has 5 aromatic rings. The van der Waals surface area contributed by atoms with E-state index in [1.54, 1.807) is 13.3 Å². The first-order valence-electron chi connectivity index (χ1n) is 19.0. The predicted octanol–water partition coefficient (Wildman–Crippen LogP) is 12.7. The molecule has 0 aliphatic rings. The van der Waals surface area contributed by atoms with Crippen LogP contribution < -0.4 is 4.74 Å². The van der Waals surface area contributed by atoms with Gasteiger partial charge in [0.2, 0.25) is 11.8 Å². The monoisotopic (exact) mass is 752 g/mol. The van der Waals surface area contributed by atoms with Gasteiger partial charge in [0.25, 0.3) is 0 Å². The van der Waals surface area contributed by atoms with Gasteiger partial charge in [0.1, 0.15) is 0 Å². The average Bonchev–Trinajstić information content (AvgIpc) is 3.08. The lowest BCUT2D eigenvalue weighted by Gasteiger charge is -2.20. The minimum absolute atomic E-state index is 0.00375. The van der Waals surface area contributed by atoms with Gasteiger partial charge in [-0.25, -0.2) is 9.97 Å². The molecule has 7 heteroatoms. The molecule has 0 aliphatic heterocycles. The van der Waals surface area contributed by atoms with Crippen LogP contribution in [0.4, 0.5) is 4.39 Å². The van der Waals surface area contributed by atoms with Crippen molar-refractivity contribution in [2.75, 3.05) is 7.11 Å². The highest BCUT2D eigenvalue weighted by atomic mass is 19.1. The van der Waals surface area contributed by atoms with E-state index in [2.05, 4.69) is 145 Å². The molecule has 0 spiro atoms. The fraction of sp³-hybridized carbons (Fsp3) is 0.479. The van der Waals surface area contributed by atoms with Gasteiger partial charge in [-0.3, -0.25) is 15.0 Å². The Morgan fingerprint density at radius 1 is 0.455 bits per heavy atom. The van der Waals surface area contributed by atoms with Crippen LogP contribution in [0.25, 0.3) is 0 Å². The molecule has 0 atom stereocenters. The number of halogens is 1. The minimum atomic E-state index is -0.405. The number of aryl methyl sites for hydroxylation is 2. The van der Waals surface area contributed by atoms with E-state index in [0.29, 0.717) is 5.88 Å². The van der Waals surface area contributed by atoms with Gasteiger partial charge in [-0.15, -0.1) is 0 Å². The molecule has 6 nitrogen and oxygen atoms in total. The Balaban J connectivity index is 0.000000344. The highest BCUT2D eigenvalue weighted by Gasteiger charge is 2.16. The van der Waals surface area contributed by atoms with Gasteiger partial charge in [0, 0.05) is 55.1 Å².